The minimum Gasteiger partial charge on any atom is -0.495 e. The fourth-order valence-electron chi connectivity index (χ4n) is 3.30. The van der Waals surface area contributed by atoms with Gasteiger partial charge >= 0.3 is 0 Å². The van der Waals surface area contributed by atoms with Crippen molar-refractivity contribution in [2.75, 3.05) is 24.8 Å². The quantitative estimate of drug-likeness (QED) is 0.389. The number of para-hydroxylation sites is 2. The fraction of sp³-hybridized carbons (Fsp3) is 0.360. The van der Waals surface area contributed by atoms with Gasteiger partial charge in [0.2, 0.25) is 5.91 Å². The Morgan fingerprint density at radius 2 is 1.86 bits per heavy atom. The van der Waals surface area contributed by atoms with Crippen LogP contribution in [0.5, 0.6) is 11.5 Å². The van der Waals surface area contributed by atoms with Crippen molar-refractivity contribution < 1.29 is 19.1 Å². The molecule has 0 spiro atoms. The number of aromatic nitrogens is 3. The third-order valence-electron chi connectivity index (χ3n) is 5.23. The molecule has 3 aromatic rings. The molecule has 0 saturated heterocycles. The van der Waals surface area contributed by atoms with E-state index < -0.39 is 0 Å². The number of methoxy groups -OCH3 is 1. The monoisotopic (exact) mass is 497 g/mol. The second kappa shape index (κ2) is 12.3. The first-order valence-electron chi connectivity index (χ1n) is 11.2. The Hall–Kier alpha value is -3.53. The zero-order valence-electron chi connectivity index (χ0n) is 20.6. The molecule has 0 saturated carbocycles. The molecular formula is C25H31N5O4S. The minimum atomic E-state index is -0.255. The van der Waals surface area contributed by atoms with Crippen molar-refractivity contribution in [2.24, 2.45) is 7.05 Å². The van der Waals surface area contributed by atoms with Gasteiger partial charge in [-0.1, -0.05) is 49.9 Å². The average Bonchev–Trinajstić information content (AvgIpc) is 3.19. The second-order valence-electron chi connectivity index (χ2n) is 8.26. The third kappa shape index (κ3) is 7.22. The highest BCUT2D eigenvalue weighted by atomic mass is 32.2. The smallest absolute Gasteiger partial charge is 0.258 e. The van der Waals surface area contributed by atoms with E-state index in [1.807, 2.05) is 37.3 Å². The molecule has 3 rings (SSSR count). The molecule has 0 unspecified atom stereocenters. The maximum atomic E-state index is 12.4. The van der Waals surface area contributed by atoms with Crippen LogP contribution in [-0.4, -0.2) is 46.0 Å². The molecule has 0 aliphatic heterocycles. The molecule has 1 aromatic heterocycles. The van der Waals surface area contributed by atoms with Gasteiger partial charge in [-0.3, -0.25) is 9.59 Å². The number of thioether (sulfide) groups is 1. The molecule has 0 radical (unpaired) electrons. The number of hydrogen-bond acceptors (Lipinski definition) is 7. The Morgan fingerprint density at radius 1 is 1.09 bits per heavy atom. The number of nitrogens with one attached hydrogen (secondary N) is 2. The predicted molar refractivity (Wildman–Crippen MR) is 136 cm³/mol. The van der Waals surface area contributed by atoms with Crippen molar-refractivity contribution in [2.45, 2.75) is 38.4 Å². The lowest BCUT2D eigenvalue weighted by Gasteiger charge is -2.14. The van der Waals surface area contributed by atoms with Crippen LogP contribution >= 0.6 is 11.8 Å². The van der Waals surface area contributed by atoms with Crippen LogP contribution in [0.2, 0.25) is 0 Å². The first-order chi connectivity index (χ1) is 16.8. The van der Waals surface area contributed by atoms with Gasteiger partial charge in [0, 0.05) is 7.05 Å². The molecule has 2 amide bonds. The Labute approximate surface area is 209 Å². The van der Waals surface area contributed by atoms with Gasteiger partial charge in [-0.15, -0.1) is 10.2 Å². The van der Waals surface area contributed by atoms with E-state index in [2.05, 4.69) is 34.7 Å². The summed E-state index contributed by atoms with van der Waals surface area (Å²) in [5.74, 6) is 1.89. The van der Waals surface area contributed by atoms with E-state index in [1.165, 1.54) is 11.8 Å². The van der Waals surface area contributed by atoms with Gasteiger partial charge < -0.3 is 24.7 Å². The topological polar surface area (TPSA) is 107 Å². The number of carbonyl (C=O) groups is 2. The lowest BCUT2D eigenvalue weighted by Crippen LogP contribution is -2.29. The fourth-order valence-corrected chi connectivity index (χ4v) is 4.03. The van der Waals surface area contributed by atoms with E-state index in [-0.39, 0.29) is 30.7 Å². The van der Waals surface area contributed by atoms with Crippen molar-refractivity contribution >= 4 is 29.3 Å². The summed E-state index contributed by atoms with van der Waals surface area (Å²) in [7, 11) is 3.34. The van der Waals surface area contributed by atoms with Crippen LogP contribution in [0.15, 0.2) is 47.6 Å². The van der Waals surface area contributed by atoms with Crippen molar-refractivity contribution in [1.82, 2.24) is 20.1 Å². The first kappa shape index (κ1) is 26.1. The van der Waals surface area contributed by atoms with Gasteiger partial charge in [0.25, 0.3) is 5.91 Å². The van der Waals surface area contributed by atoms with Gasteiger partial charge in [0.05, 0.1) is 25.1 Å². The molecule has 0 aliphatic carbocycles. The molecule has 0 fully saturated rings. The van der Waals surface area contributed by atoms with Crippen molar-refractivity contribution in [3.63, 3.8) is 0 Å². The number of nitrogens with zero attached hydrogens (tertiary/aromatic N) is 3. The normalized spacial score (nSPS) is 10.8. The molecule has 2 N–H and O–H groups in total. The van der Waals surface area contributed by atoms with Crippen molar-refractivity contribution in [1.29, 1.82) is 0 Å². The highest BCUT2D eigenvalue weighted by Crippen LogP contribution is 2.27. The zero-order chi connectivity index (χ0) is 25.4. The van der Waals surface area contributed by atoms with E-state index in [1.54, 1.807) is 30.9 Å². The molecule has 1 heterocycles. The van der Waals surface area contributed by atoms with Crippen LogP contribution in [0, 0.1) is 6.92 Å². The van der Waals surface area contributed by atoms with Crippen LogP contribution in [0.1, 0.15) is 36.7 Å². The zero-order valence-corrected chi connectivity index (χ0v) is 21.4. The Balaban J connectivity index is 1.48. The molecule has 0 aliphatic rings. The highest BCUT2D eigenvalue weighted by molar-refractivity contribution is 7.99. The molecule has 2 aromatic carbocycles. The third-order valence-corrected chi connectivity index (χ3v) is 6.25. The van der Waals surface area contributed by atoms with Crippen LogP contribution in [0.3, 0.4) is 0 Å². The lowest BCUT2D eigenvalue weighted by molar-refractivity contribution is -0.123. The van der Waals surface area contributed by atoms with Crippen molar-refractivity contribution in [3.8, 4) is 11.5 Å². The van der Waals surface area contributed by atoms with Crippen LogP contribution in [0.4, 0.5) is 5.69 Å². The summed E-state index contributed by atoms with van der Waals surface area (Å²) in [5, 5.41) is 14.5. The molecule has 10 heteroatoms. The molecule has 35 heavy (non-hydrogen) atoms. The number of amides is 2. The number of benzene rings is 2. The summed E-state index contributed by atoms with van der Waals surface area (Å²) in [6.45, 7) is 6.27. The summed E-state index contributed by atoms with van der Waals surface area (Å²) in [6.07, 6.45) is 0. The number of rotatable bonds is 11. The lowest BCUT2D eigenvalue weighted by atomic mass is 10.0. The van der Waals surface area contributed by atoms with Gasteiger partial charge in [0.1, 0.15) is 11.5 Å². The van der Waals surface area contributed by atoms with E-state index in [9.17, 15) is 9.59 Å². The van der Waals surface area contributed by atoms with Gasteiger partial charge in [0.15, 0.2) is 17.6 Å². The minimum absolute atomic E-state index is 0.0915. The van der Waals surface area contributed by atoms with E-state index >= 15 is 0 Å². The number of anilines is 1. The number of carbonyl (C=O) groups excluding carboxylic acids is 2. The van der Waals surface area contributed by atoms with Gasteiger partial charge in [-0.25, -0.2) is 0 Å². The van der Waals surface area contributed by atoms with E-state index in [0.717, 1.165) is 16.9 Å². The average molecular weight is 498 g/mol. The number of ether oxygens (including phenoxy) is 2. The maximum Gasteiger partial charge on any atom is 0.258 e. The summed E-state index contributed by atoms with van der Waals surface area (Å²) in [5.41, 5.74) is 2.74. The van der Waals surface area contributed by atoms with Crippen LogP contribution in [-0.2, 0) is 23.2 Å². The molecule has 9 nitrogen and oxygen atoms in total. The largest absolute Gasteiger partial charge is 0.495 e. The first-order valence-corrected chi connectivity index (χ1v) is 12.2. The highest BCUT2D eigenvalue weighted by Gasteiger charge is 2.14. The SMILES string of the molecule is COc1ccccc1NC(=O)CSc1nnc(CNC(=O)COc2cc(C)ccc2C(C)C)n1C. The Kier molecular flexibility index (Phi) is 9.13. The summed E-state index contributed by atoms with van der Waals surface area (Å²) < 4.78 is 12.8. The molecule has 0 bridgehead atoms. The summed E-state index contributed by atoms with van der Waals surface area (Å²) in [6, 6.07) is 13.2. The van der Waals surface area contributed by atoms with E-state index in [4.69, 9.17) is 9.47 Å². The maximum absolute atomic E-state index is 12.4. The number of hydrogen-bond donors (Lipinski definition) is 2. The van der Waals surface area contributed by atoms with Crippen LogP contribution < -0.4 is 20.1 Å². The van der Waals surface area contributed by atoms with Crippen molar-refractivity contribution in [3.05, 3.63) is 59.4 Å². The predicted octanol–water partition coefficient (Wildman–Crippen LogP) is 3.68. The van der Waals surface area contributed by atoms with Gasteiger partial charge in [-0.2, -0.15) is 0 Å². The summed E-state index contributed by atoms with van der Waals surface area (Å²) >= 11 is 1.26. The van der Waals surface area contributed by atoms with E-state index in [0.29, 0.717) is 28.3 Å². The molecule has 186 valence electrons. The second-order valence-corrected chi connectivity index (χ2v) is 9.20. The summed E-state index contributed by atoms with van der Waals surface area (Å²) in [4.78, 5) is 24.7. The Morgan fingerprint density at radius 3 is 2.60 bits per heavy atom. The Bertz CT molecular complexity index is 1180. The standard InChI is InChI=1S/C25H31N5O4S/c1-16(2)18-11-10-17(3)12-21(18)34-14-23(31)26-13-22-28-29-25(30(22)4)35-15-24(32)27-19-8-6-7-9-20(19)33-5/h6-12,16H,13-15H2,1-5H3,(H,26,31)(H,27,32). The molecular weight excluding hydrogens is 466 g/mol. The van der Waals surface area contributed by atoms with Crippen LogP contribution in [0.25, 0.3) is 0 Å². The number of aryl methyl sites for hydroxylation is 1. The molecule has 0 atom stereocenters. The van der Waals surface area contributed by atoms with Gasteiger partial charge in [-0.05, 0) is 42.2 Å².